The summed E-state index contributed by atoms with van der Waals surface area (Å²) in [6.45, 7) is 7.83. The molecule has 3 heteroatoms. The Labute approximate surface area is 77.1 Å². The van der Waals surface area contributed by atoms with E-state index in [0.717, 1.165) is 0 Å². The second kappa shape index (κ2) is 1.94. The van der Waals surface area contributed by atoms with Crippen LogP contribution in [0.25, 0.3) is 0 Å². The molecule has 1 rings (SSSR count). The first kappa shape index (κ1) is 9.34. The molecule has 64 valence electrons. The first-order valence-electron chi connectivity index (χ1n) is 3.58. The lowest BCUT2D eigenvalue weighted by molar-refractivity contribution is -0.112. The van der Waals surface area contributed by atoms with Gasteiger partial charge in [-0.1, -0.05) is 27.7 Å². The molecule has 0 heterocycles. The maximum absolute atomic E-state index is 11.0. The lowest BCUT2D eigenvalue weighted by Crippen LogP contribution is -2.18. The molecule has 0 radical (unpaired) electrons. The smallest absolute Gasteiger partial charge is 0.243 e. The van der Waals surface area contributed by atoms with Crippen LogP contribution in [-0.2, 0) is 4.79 Å². The van der Waals surface area contributed by atoms with Gasteiger partial charge in [-0.3, -0.25) is 4.79 Å². The van der Waals surface area contributed by atoms with E-state index in [9.17, 15) is 4.79 Å². The SMILES string of the molecule is CC1(C)C(C)(C)C1(Cl)C(=O)Cl. The number of hydrogen-bond donors (Lipinski definition) is 0. The van der Waals surface area contributed by atoms with E-state index >= 15 is 0 Å². The molecule has 11 heavy (non-hydrogen) atoms. The summed E-state index contributed by atoms with van der Waals surface area (Å²) >= 11 is 11.5. The van der Waals surface area contributed by atoms with Crippen molar-refractivity contribution < 1.29 is 4.79 Å². The highest BCUT2D eigenvalue weighted by Crippen LogP contribution is 2.75. The predicted octanol–water partition coefficient (Wildman–Crippen LogP) is 2.80. The number of alkyl halides is 1. The Balaban J connectivity index is 3.06. The monoisotopic (exact) mass is 194 g/mol. The van der Waals surface area contributed by atoms with Crippen molar-refractivity contribution in [1.82, 2.24) is 0 Å². The second-order valence-corrected chi connectivity index (χ2v) is 5.09. The minimum absolute atomic E-state index is 0.194. The first-order chi connectivity index (χ1) is 4.69. The van der Waals surface area contributed by atoms with Gasteiger partial charge in [-0.2, -0.15) is 0 Å². The van der Waals surface area contributed by atoms with Gasteiger partial charge in [-0.15, -0.1) is 11.6 Å². The zero-order valence-electron chi connectivity index (χ0n) is 7.16. The van der Waals surface area contributed by atoms with Crippen LogP contribution in [0.2, 0.25) is 0 Å². The zero-order chi connectivity index (χ0) is 9.08. The van der Waals surface area contributed by atoms with Crippen LogP contribution in [0.5, 0.6) is 0 Å². The van der Waals surface area contributed by atoms with Crippen molar-refractivity contribution in [2.45, 2.75) is 32.6 Å². The van der Waals surface area contributed by atoms with E-state index in [4.69, 9.17) is 23.2 Å². The molecule has 0 atom stereocenters. The second-order valence-electron chi connectivity index (χ2n) is 4.18. The minimum Gasteiger partial charge on any atom is -0.279 e. The Kier molecular flexibility index (Phi) is 1.65. The molecule has 0 aromatic heterocycles. The molecular weight excluding hydrogens is 183 g/mol. The van der Waals surface area contributed by atoms with Crippen molar-refractivity contribution in [3.05, 3.63) is 0 Å². The van der Waals surface area contributed by atoms with Crippen LogP contribution in [0.1, 0.15) is 27.7 Å². The molecule has 0 aromatic carbocycles. The molecular formula is C8H12Cl2O. The van der Waals surface area contributed by atoms with Gasteiger partial charge in [-0.25, -0.2) is 0 Å². The normalized spacial score (nSPS) is 29.6. The van der Waals surface area contributed by atoms with Gasteiger partial charge in [0, 0.05) is 10.8 Å². The topological polar surface area (TPSA) is 17.1 Å². The minimum atomic E-state index is -0.860. The van der Waals surface area contributed by atoms with E-state index in [1.165, 1.54) is 0 Å². The van der Waals surface area contributed by atoms with E-state index in [0.29, 0.717) is 0 Å². The summed E-state index contributed by atoms with van der Waals surface area (Å²) in [6.07, 6.45) is 0. The third-order valence-electron chi connectivity index (χ3n) is 3.49. The molecule has 1 aliphatic rings. The molecule has 0 N–H and O–H groups in total. The summed E-state index contributed by atoms with van der Waals surface area (Å²) in [5.41, 5.74) is -0.388. The maximum atomic E-state index is 11.0. The highest BCUT2D eigenvalue weighted by Gasteiger charge is 2.80. The summed E-state index contributed by atoms with van der Waals surface area (Å²) < 4.78 is 0. The number of rotatable bonds is 1. The van der Waals surface area contributed by atoms with Crippen LogP contribution in [-0.4, -0.2) is 10.1 Å². The maximum Gasteiger partial charge on any atom is 0.243 e. The van der Waals surface area contributed by atoms with E-state index in [2.05, 4.69) is 0 Å². The lowest BCUT2D eigenvalue weighted by atomic mass is 10.0. The number of hydrogen-bond acceptors (Lipinski definition) is 1. The Morgan fingerprint density at radius 2 is 1.36 bits per heavy atom. The van der Waals surface area contributed by atoms with Gasteiger partial charge in [-0.05, 0) is 11.6 Å². The van der Waals surface area contributed by atoms with Crippen LogP contribution in [0, 0.1) is 10.8 Å². The molecule has 1 nitrogen and oxygen atoms in total. The fraction of sp³-hybridized carbons (Fsp3) is 0.875. The van der Waals surface area contributed by atoms with E-state index in [-0.39, 0.29) is 10.8 Å². The van der Waals surface area contributed by atoms with Crippen molar-refractivity contribution in [3.8, 4) is 0 Å². The fourth-order valence-electron chi connectivity index (χ4n) is 1.74. The highest BCUT2D eigenvalue weighted by molar-refractivity contribution is 6.72. The average Bonchev–Trinajstić information content (AvgIpc) is 2.11. The summed E-state index contributed by atoms with van der Waals surface area (Å²) in [4.78, 5) is 10.1. The number of carbonyl (C=O) groups excluding carboxylic acids is 1. The number of halogens is 2. The van der Waals surface area contributed by atoms with Crippen molar-refractivity contribution in [2.24, 2.45) is 10.8 Å². The van der Waals surface area contributed by atoms with Crippen LogP contribution in [0.4, 0.5) is 0 Å². The van der Waals surface area contributed by atoms with Gasteiger partial charge in [0.05, 0.1) is 0 Å². The summed E-state index contributed by atoms with van der Waals surface area (Å²) in [6, 6.07) is 0. The average molecular weight is 195 g/mol. The van der Waals surface area contributed by atoms with Gasteiger partial charge in [0.1, 0.15) is 4.87 Å². The van der Waals surface area contributed by atoms with Gasteiger partial charge < -0.3 is 0 Å². The summed E-state index contributed by atoms with van der Waals surface area (Å²) in [5, 5.41) is -0.436. The van der Waals surface area contributed by atoms with E-state index < -0.39 is 10.1 Å². The molecule has 0 aliphatic heterocycles. The molecule has 0 spiro atoms. The zero-order valence-corrected chi connectivity index (χ0v) is 8.68. The van der Waals surface area contributed by atoms with Crippen LogP contribution >= 0.6 is 23.2 Å². The van der Waals surface area contributed by atoms with Crippen molar-refractivity contribution in [1.29, 1.82) is 0 Å². The van der Waals surface area contributed by atoms with Crippen LogP contribution < -0.4 is 0 Å². The standard InChI is InChI=1S/C8H12Cl2O/c1-6(2)7(3,4)8(6,10)5(9)11/h1-4H3. The lowest BCUT2D eigenvalue weighted by Gasteiger charge is -2.04. The fourth-order valence-corrected chi connectivity index (χ4v) is 2.63. The predicted molar refractivity (Wildman–Crippen MR) is 47.0 cm³/mol. The molecule has 0 saturated heterocycles. The molecule has 0 aromatic rings. The molecule has 1 fully saturated rings. The highest BCUT2D eigenvalue weighted by atomic mass is 35.5. The third kappa shape index (κ3) is 0.714. The Morgan fingerprint density at radius 3 is 1.36 bits per heavy atom. The van der Waals surface area contributed by atoms with Crippen molar-refractivity contribution in [2.75, 3.05) is 0 Å². The first-order valence-corrected chi connectivity index (χ1v) is 4.34. The quantitative estimate of drug-likeness (QED) is 0.464. The van der Waals surface area contributed by atoms with Gasteiger partial charge in [0.25, 0.3) is 0 Å². The molecule has 1 aliphatic carbocycles. The van der Waals surface area contributed by atoms with E-state index in [1.54, 1.807) is 0 Å². The van der Waals surface area contributed by atoms with Gasteiger partial charge in [0.2, 0.25) is 5.24 Å². The third-order valence-corrected chi connectivity index (χ3v) is 4.99. The van der Waals surface area contributed by atoms with Crippen molar-refractivity contribution in [3.63, 3.8) is 0 Å². The largest absolute Gasteiger partial charge is 0.279 e. The summed E-state index contributed by atoms with van der Waals surface area (Å²) in [5.74, 6) is 0. The van der Waals surface area contributed by atoms with E-state index in [1.807, 2.05) is 27.7 Å². The number of carbonyl (C=O) groups is 1. The Hall–Kier alpha value is 0.250. The van der Waals surface area contributed by atoms with Gasteiger partial charge >= 0.3 is 0 Å². The molecule has 0 amide bonds. The molecule has 0 unspecified atom stereocenters. The molecule has 0 bridgehead atoms. The van der Waals surface area contributed by atoms with Crippen LogP contribution in [0.3, 0.4) is 0 Å². The van der Waals surface area contributed by atoms with Gasteiger partial charge in [0.15, 0.2) is 0 Å². The van der Waals surface area contributed by atoms with Crippen LogP contribution in [0.15, 0.2) is 0 Å². The Bertz CT molecular complexity index is 204. The van der Waals surface area contributed by atoms with Crippen molar-refractivity contribution >= 4 is 28.4 Å². The molecule has 1 saturated carbocycles. The summed E-state index contributed by atoms with van der Waals surface area (Å²) in [7, 11) is 0. The Morgan fingerprint density at radius 1 is 1.09 bits per heavy atom.